The van der Waals surface area contributed by atoms with Gasteiger partial charge in [-0.05, 0) is 62.1 Å². The average molecular weight is 439 g/mol. The fourth-order valence-electron chi connectivity index (χ4n) is 4.11. The Kier molecular flexibility index (Phi) is 5.82. The van der Waals surface area contributed by atoms with Crippen molar-refractivity contribution in [3.05, 3.63) is 59.7 Å². The second kappa shape index (κ2) is 8.55. The lowest BCUT2D eigenvalue weighted by atomic mass is 9.83. The SMILES string of the molecule is O=C(CS)OC1(C(=O)Nc2ccc(N3C(=O)c4ccccc4C3=O)cc2)CCCCC1. The van der Waals surface area contributed by atoms with Gasteiger partial charge in [0, 0.05) is 5.69 Å². The molecule has 1 aliphatic heterocycles. The van der Waals surface area contributed by atoms with Gasteiger partial charge < -0.3 is 10.1 Å². The Morgan fingerprint density at radius 1 is 0.935 bits per heavy atom. The van der Waals surface area contributed by atoms with E-state index in [0.29, 0.717) is 35.3 Å². The molecule has 1 heterocycles. The lowest BCUT2D eigenvalue weighted by Crippen LogP contribution is -2.48. The van der Waals surface area contributed by atoms with Crippen LogP contribution in [0.5, 0.6) is 0 Å². The van der Waals surface area contributed by atoms with E-state index in [1.54, 1.807) is 48.5 Å². The van der Waals surface area contributed by atoms with Crippen molar-refractivity contribution in [3.8, 4) is 0 Å². The van der Waals surface area contributed by atoms with E-state index in [4.69, 9.17) is 4.74 Å². The maximum atomic E-state index is 13.0. The number of rotatable bonds is 5. The van der Waals surface area contributed by atoms with Crippen LogP contribution in [-0.2, 0) is 14.3 Å². The lowest BCUT2D eigenvalue weighted by molar-refractivity contribution is -0.167. The van der Waals surface area contributed by atoms with Gasteiger partial charge in [0.1, 0.15) is 0 Å². The highest BCUT2D eigenvalue weighted by atomic mass is 32.1. The predicted molar refractivity (Wildman–Crippen MR) is 118 cm³/mol. The number of ether oxygens (including phenoxy) is 1. The van der Waals surface area contributed by atoms with Crippen LogP contribution in [0.2, 0.25) is 0 Å². The number of hydrogen-bond acceptors (Lipinski definition) is 6. The number of thiol groups is 1. The molecule has 0 saturated heterocycles. The smallest absolute Gasteiger partial charge is 0.316 e. The number of nitrogens with zero attached hydrogens (tertiary/aromatic N) is 1. The Labute approximate surface area is 185 Å². The van der Waals surface area contributed by atoms with Gasteiger partial charge in [-0.1, -0.05) is 18.6 Å². The molecule has 160 valence electrons. The summed E-state index contributed by atoms with van der Waals surface area (Å²) in [4.78, 5) is 51.2. The molecule has 7 nitrogen and oxygen atoms in total. The molecule has 0 aromatic heterocycles. The third-order valence-electron chi connectivity index (χ3n) is 5.69. The van der Waals surface area contributed by atoms with E-state index < -0.39 is 11.6 Å². The van der Waals surface area contributed by atoms with Gasteiger partial charge in [0.05, 0.1) is 22.6 Å². The number of anilines is 2. The van der Waals surface area contributed by atoms with Crippen molar-refractivity contribution in [2.75, 3.05) is 16.0 Å². The molecule has 2 aromatic rings. The second-order valence-corrected chi connectivity index (χ2v) is 8.00. The molecular formula is C23H22N2O5S. The Balaban J connectivity index is 1.51. The van der Waals surface area contributed by atoms with Gasteiger partial charge in [-0.3, -0.25) is 19.2 Å². The first-order chi connectivity index (χ1) is 14.9. The minimum atomic E-state index is -1.20. The van der Waals surface area contributed by atoms with Gasteiger partial charge in [0.2, 0.25) is 0 Å². The van der Waals surface area contributed by atoms with Gasteiger partial charge in [0.15, 0.2) is 5.60 Å². The number of fused-ring (bicyclic) bond motifs is 1. The minimum Gasteiger partial charge on any atom is -0.448 e. The molecule has 0 radical (unpaired) electrons. The summed E-state index contributed by atoms with van der Waals surface area (Å²) in [5.74, 6) is -1.75. The highest BCUT2D eigenvalue weighted by Crippen LogP contribution is 2.34. The summed E-state index contributed by atoms with van der Waals surface area (Å²) >= 11 is 3.94. The molecule has 1 saturated carbocycles. The summed E-state index contributed by atoms with van der Waals surface area (Å²) in [6.07, 6.45) is 3.51. The summed E-state index contributed by atoms with van der Waals surface area (Å²) in [5.41, 5.74) is 0.444. The fourth-order valence-corrected chi connectivity index (χ4v) is 4.18. The molecule has 0 atom stereocenters. The van der Waals surface area contributed by atoms with E-state index in [1.165, 1.54) is 0 Å². The Morgan fingerprint density at radius 2 is 1.52 bits per heavy atom. The van der Waals surface area contributed by atoms with Crippen molar-refractivity contribution in [1.29, 1.82) is 0 Å². The van der Waals surface area contributed by atoms with Gasteiger partial charge in [-0.15, -0.1) is 0 Å². The maximum Gasteiger partial charge on any atom is 0.316 e. The van der Waals surface area contributed by atoms with Crippen LogP contribution in [0, 0.1) is 0 Å². The number of esters is 1. The first-order valence-corrected chi connectivity index (χ1v) is 10.8. The molecule has 0 bridgehead atoms. The average Bonchev–Trinajstić information content (AvgIpc) is 3.05. The Hall–Kier alpha value is -3.13. The highest BCUT2D eigenvalue weighted by Gasteiger charge is 2.43. The Morgan fingerprint density at radius 3 is 2.06 bits per heavy atom. The van der Waals surface area contributed by atoms with E-state index in [-0.39, 0.29) is 23.5 Å². The van der Waals surface area contributed by atoms with E-state index in [0.717, 1.165) is 24.2 Å². The van der Waals surface area contributed by atoms with Crippen molar-refractivity contribution >= 4 is 47.7 Å². The number of nitrogens with one attached hydrogen (secondary N) is 1. The van der Waals surface area contributed by atoms with Crippen molar-refractivity contribution in [2.24, 2.45) is 0 Å². The molecule has 1 aliphatic carbocycles. The van der Waals surface area contributed by atoms with Gasteiger partial charge in [-0.2, -0.15) is 12.6 Å². The molecule has 2 aromatic carbocycles. The molecule has 2 aliphatic rings. The predicted octanol–water partition coefficient (Wildman–Crippen LogP) is 3.60. The van der Waals surface area contributed by atoms with Crippen LogP contribution in [0.3, 0.4) is 0 Å². The lowest BCUT2D eigenvalue weighted by Gasteiger charge is -2.35. The molecule has 8 heteroatoms. The van der Waals surface area contributed by atoms with Crippen molar-refractivity contribution in [2.45, 2.75) is 37.7 Å². The number of carbonyl (C=O) groups is 4. The maximum absolute atomic E-state index is 13.0. The zero-order valence-electron chi connectivity index (χ0n) is 16.8. The van der Waals surface area contributed by atoms with Crippen LogP contribution in [0.4, 0.5) is 11.4 Å². The molecule has 31 heavy (non-hydrogen) atoms. The number of hydrogen-bond donors (Lipinski definition) is 2. The number of imide groups is 1. The highest BCUT2D eigenvalue weighted by molar-refractivity contribution is 7.81. The van der Waals surface area contributed by atoms with Crippen molar-refractivity contribution in [1.82, 2.24) is 0 Å². The molecule has 4 rings (SSSR count). The van der Waals surface area contributed by atoms with E-state index in [9.17, 15) is 19.2 Å². The second-order valence-electron chi connectivity index (χ2n) is 7.68. The number of benzene rings is 2. The monoisotopic (exact) mass is 438 g/mol. The van der Waals surface area contributed by atoms with Crippen LogP contribution in [-0.4, -0.2) is 35.0 Å². The number of amides is 3. The third-order valence-corrected chi connectivity index (χ3v) is 5.95. The zero-order chi connectivity index (χ0) is 22.0. The zero-order valence-corrected chi connectivity index (χ0v) is 17.7. The third kappa shape index (κ3) is 3.95. The largest absolute Gasteiger partial charge is 0.448 e. The standard InChI is InChI=1S/C23H22N2O5S/c26-19(14-31)30-23(12-4-1-5-13-23)22(29)24-15-8-10-16(11-9-15)25-20(27)17-6-2-3-7-18(17)21(25)28/h2-3,6-11,31H,1,4-5,12-14H2,(H,24,29). The fraction of sp³-hybridized carbons (Fsp3) is 0.304. The Bertz CT molecular complexity index is 1010. The van der Waals surface area contributed by atoms with Crippen molar-refractivity contribution in [3.63, 3.8) is 0 Å². The van der Waals surface area contributed by atoms with Crippen LogP contribution in [0.1, 0.15) is 52.8 Å². The molecule has 1 fully saturated rings. The summed E-state index contributed by atoms with van der Waals surface area (Å²) < 4.78 is 5.51. The van der Waals surface area contributed by atoms with E-state index >= 15 is 0 Å². The van der Waals surface area contributed by atoms with E-state index in [2.05, 4.69) is 17.9 Å². The van der Waals surface area contributed by atoms with Crippen LogP contribution < -0.4 is 10.2 Å². The van der Waals surface area contributed by atoms with Gasteiger partial charge >= 0.3 is 5.97 Å². The molecule has 0 unspecified atom stereocenters. The topological polar surface area (TPSA) is 92.8 Å². The summed E-state index contributed by atoms with van der Waals surface area (Å²) in [7, 11) is 0. The van der Waals surface area contributed by atoms with Crippen LogP contribution in [0.25, 0.3) is 0 Å². The van der Waals surface area contributed by atoms with Gasteiger partial charge in [-0.25, -0.2) is 4.90 Å². The first-order valence-electron chi connectivity index (χ1n) is 10.2. The first kappa shape index (κ1) is 21.1. The molecule has 1 N–H and O–H groups in total. The summed E-state index contributed by atoms with van der Waals surface area (Å²) in [5, 5.41) is 2.81. The normalized spacial score (nSPS) is 17.3. The summed E-state index contributed by atoms with van der Waals surface area (Å²) in [6.45, 7) is 0. The number of carbonyl (C=O) groups excluding carboxylic acids is 4. The molecular weight excluding hydrogens is 416 g/mol. The van der Waals surface area contributed by atoms with E-state index in [1.807, 2.05) is 0 Å². The molecule has 0 spiro atoms. The summed E-state index contributed by atoms with van der Waals surface area (Å²) in [6, 6.07) is 13.1. The quantitative estimate of drug-likeness (QED) is 0.423. The molecule has 3 amide bonds. The van der Waals surface area contributed by atoms with Crippen LogP contribution >= 0.6 is 12.6 Å². The van der Waals surface area contributed by atoms with Crippen LogP contribution in [0.15, 0.2) is 48.5 Å². The van der Waals surface area contributed by atoms with Gasteiger partial charge in [0.25, 0.3) is 17.7 Å². The van der Waals surface area contributed by atoms with Crippen molar-refractivity contribution < 1.29 is 23.9 Å². The minimum absolute atomic E-state index is 0.0932.